The minimum Gasteiger partial charge on any atom is -0.339 e. The Balaban J connectivity index is 1.96. The van der Waals surface area contributed by atoms with Gasteiger partial charge in [-0.15, -0.1) is 0 Å². The van der Waals surface area contributed by atoms with Crippen molar-refractivity contribution in [2.24, 2.45) is 0 Å². The maximum atomic E-state index is 8.32. The van der Waals surface area contributed by atoms with Crippen LogP contribution in [0.25, 0.3) is 0 Å². The topological polar surface area (TPSA) is 74.7 Å². The summed E-state index contributed by atoms with van der Waals surface area (Å²) in [5, 5.41) is 15.3. The van der Waals surface area contributed by atoms with Crippen LogP contribution in [-0.4, -0.2) is 23.2 Å². The van der Waals surface area contributed by atoms with Gasteiger partial charge in [0.25, 0.3) is 0 Å². The lowest BCUT2D eigenvalue weighted by atomic mass is 10.2. The smallest absolute Gasteiger partial charge is 0.227 e. The number of aromatic nitrogens is 2. The number of nitrogens with one attached hydrogen (secondary N) is 1. The molecule has 1 N–H and O–H groups in total. The second kappa shape index (κ2) is 6.96. The Morgan fingerprint density at radius 1 is 1.40 bits per heavy atom. The molecule has 1 rings (SSSR count). The van der Waals surface area contributed by atoms with Gasteiger partial charge in [-0.25, -0.2) is 0 Å². The predicted molar refractivity (Wildman–Crippen MR) is 55.1 cm³/mol. The van der Waals surface area contributed by atoms with Crippen LogP contribution in [0.15, 0.2) is 4.52 Å². The molecule has 82 valence electrons. The predicted octanol–water partition coefficient (Wildman–Crippen LogP) is 1.20. The molecule has 0 saturated heterocycles. The lowest BCUT2D eigenvalue weighted by Crippen LogP contribution is -2.18. The van der Waals surface area contributed by atoms with Gasteiger partial charge in [-0.05, 0) is 26.3 Å². The lowest BCUT2D eigenvalue weighted by Gasteiger charge is -2.00. The highest BCUT2D eigenvalue weighted by Crippen LogP contribution is 1.96. The van der Waals surface area contributed by atoms with Crippen molar-refractivity contribution in [3.05, 3.63) is 11.7 Å². The van der Waals surface area contributed by atoms with Gasteiger partial charge >= 0.3 is 0 Å². The fourth-order valence-electron chi connectivity index (χ4n) is 1.22. The van der Waals surface area contributed by atoms with Crippen LogP contribution < -0.4 is 5.32 Å². The largest absolute Gasteiger partial charge is 0.339 e. The molecular weight excluding hydrogens is 192 g/mol. The van der Waals surface area contributed by atoms with Gasteiger partial charge in [-0.1, -0.05) is 5.16 Å². The number of hydrogen-bond donors (Lipinski definition) is 1. The summed E-state index contributed by atoms with van der Waals surface area (Å²) in [5.41, 5.74) is 0. The zero-order chi connectivity index (χ0) is 10.9. The Morgan fingerprint density at radius 2 is 2.27 bits per heavy atom. The van der Waals surface area contributed by atoms with E-state index in [1.165, 1.54) is 0 Å². The van der Waals surface area contributed by atoms with E-state index >= 15 is 0 Å². The molecule has 0 aliphatic rings. The van der Waals surface area contributed by atoms with Crippen LogP contribution in [0.4, 0.5) is 0 Å². The zero-order valence-corrected chi connectivity index (χ0v) is 8.99. The van der Waals surface area contributed by atoms with Crippen LogP contribution >= 0.6 is 0 Å². The zero-order valence-electron chi connectivity index (χ0n) is 8.99. The second-order valence-corrected chi connectivity index (χ2v) is 3.35. The van der Waals surface area contributed by atoms with Gasteiger partial charge in [-0.3, -0.25) is 0 Å². The van der Waals surface area contributed by atoms with Gasteiger partial charge in [-0.2, -0.15) is 10.2 Å². The second-order valence-electron chi connectivity index (χ2n) is 3.35. The Hall–Kier alpha value is -1.41. The van der Waals surface area contributed by atoms with E-state index < -0.39 is 0 Å². The highest BCUT2D eigenvalue weighted by Gasteiger charge is 2.00. The number of aryl methyl sites for hydroxylation is 1. The molecule has 0 aliphatic heterocycles. The number of nitrogens with zero attached hydrogens (tertiary/aromatic N) is 3. The van der Waals surface area contributed by atoms with Crippen molar-refractivity contribution in [3.63, 3.8) is 0 Å². The normalized spacial score (nSPS) is 10.1. The van der Waals surface area contributed by atoms with Gasteiger partial charge in [0, 0.05) is 19.4 Å². The standard InChI is InChI=1S/C10H16N4O/c1-9-13-10(15-14-9)5-8-12-7-4-2-3-6-11/h12H,2-5,7-8H2,1H3. The van der Waals surface area contributed by atoms with E-state index in [9.17, 15) is 0 Å². The first-order chi connectivity index (χ1) is 7.33. The number of hydrogen-bond acceptors (Lipinski definition) is 5. The minimum absolute atomic E-state index is 0.643. The van der Waals surface area contributed by atoms with Crippen molar-refractivity contribution in [3.8, 4) is 6.07 Å². The van der Waals surface area contributed by atoms with E-state index in [1.54, 1.807) is 0 Å². The fraction of sp³-hybridized carbons (Fsp3) is 0.700. The summed E-state index contributed by atoms with van der Waals surface area (Å²) in [6, 6.07) is 2.13. The Kier molecular flexibility index (Phi) is 5.41. The Bertz CT molecular complexity index is 315. The van der Waals surface area contributed by atoms with Crippen molar-refractivity contribution in [2.75, 3.05) is 13.1 Å². The summed E-state index contributed by atoms with van der Waals surface area (Å²) in [7, 11) is 0. The molecule has 0 atom stereocenters. The molecule has 0 bridgehead atoms. The van der Waals surface area contributed by atoms with Crippen LogP contribution in [-0.2, 0) is 6.42 Å². The van der Waals surface area contributed by atoms with Crippen molar-refractivity contribution in [1.82, 2.24) is 15.5 Å². The fourth-order valence-corrected chi connectivity index (χ4v) is 1.22. The molecule has 0 unspecified atom stereocenters. The van der Waals surface area contributed by atoms with E-state index in [4.69, 9.17) is 9.78 Å². The number of rotatable bonds is 7. The van der Waals surface area contributed by atoms with Crippen molar-refractivity contribution in [1.29, 1.82) is 5.26 Å². The minimum atomic E-state index is 0.643. The summed E-state index contributed by atoms with van der Waals surface area (Å²) in [5.74, 6) is 1.36. The van der Waals surface area contributed by atoms with Crippen LogP contribution in [0.5, 0.6) is 0 Å². The quantitative estimate of drug-likeness (QED) is 0.681. The molecule has 0 aliphatic carbocycles. The lowest BCUT2D eigenvalue weighted by molar-refractivity contribution is 0.372. The molecule has 1 aromatic heterocycles. The third-order valence-corrected chi connectivity index (χ3v) is 1.98. The molecule has 0 spiro atoms. The van der Waals surface area contributed by atoms with Gasteiger partial charge in [0.1, 0.15) is 0 Å². The van der Waals surface area contributed by atoms with Crippen LogP contribution in [0, 0.1) is 18.3 Å². The molecule has 5 nitrogen and oxygen atoms in total. The van der Waals surface area contributed by atoms with Gasteiger partial charge in [0.2, 0.25) is 5.89 Å². The molecule has 0 aromatic carbocycles. The molecule has 1 aromatic rings. The maximum absolute atomic E-state index is 8.32. The summed E-state index contributed by atoms with van der Waals surface area (Å²) in [4.78, 5) is 4.10. The number of unbranched alkanes of at least 4 members (excludes halogenated alkanes) is 2. The van der Waals surface area contributed by atoms with E-state index in [1.807, 2.05) is 6.92 Å². The van der Waals surface area contributed by atoms with E-state index in [2.05, 4.69) is 21.5 Å². The van der Waals surface area contributed by atoms with E-state index in [0.29, 0.717) is 18.1 Å². The van der Waals surface area contributed by atoms with Crippen molar-refractivity contribution in [2.45, 2.75) is 32.6 Å². The van der Waals surface area contributed by atoms with Crippen LogP contribution in [0.3, 0.4) is 0 Å². The molecule has 0 amide bonds. The third-order valence-electron chi connectivity index (χ3n) is 1.98. The summed E-state index contributed by atoms with van der Waals surface area (Å²) in [6.07, 6.45) is 3.41. The van der Waals surface area contributed by atoms with E-state index in [0.717, 1.165) is 32.4 Å². The average molecular weight is 208 g/mol. The summed E-state index contributed by atoms with van der Waals surface area (Å²) in [6.45, 7) is 3.59. The van der Waals surface area contributed by atoms with Crippen LogP contribution in [0.1, 0.15) is 31.0 Å². The Labute approximate surface area is 89.5 Å². The molecule has 15 heavy (non-hydrogen) atoms. The van der Waals surface area contributed by atoms with Crippen molar-refractivity contribution < 1.29 is 4.52 Å². The maximum Gasteiger partial charge on any atom is 0.227 e. The third kappa shape index (κ3) is 5.13. The van der Waals surface area contributed by atoms with Gasteiger partial charge in [0.15, 0.2) is 5.82 Å². The first kappa shape index (κ1) is 11.7. The highest BCUT2D eigenvalue weighted by molar-refractivity contribution is 4.83. The summed E-state index contributed by atoms with van der Waals surface area (Å²) < 4.78 is 4.97. The van der Waals surface area contributed by atoms with Gasteiger partial charge in [0.05, 0.1) is 6.07 Å². The highest BCUT2D eigenvalue weighted by atomic mass is 16.5. The molecule has 1 heterocycles. The SMILES string of the molecule is Cc1noc(CCNCCCCC#N)n1. The molecule has 5 heteroatoms. The number of nitriles is 1. The van der Waals surface area contributed by atoms with Gasteiger partial charge < -0.3 is 9.84 Å². The van der Waals surface area contributed by atoms with Crippen LogP contribution in [0.2, 0.25) is 0 Å². The monoisotopic (exact) mass is 208 g/mol. The molecule has 0 fully saturated rings. The average Bonchev–Trinajstić information content (AvgIpc) is 2.63. The molecule has 0 saturated carbocycles. The first-order valence-corrected chi connectivity index (χ1v) is 5.20. The van der Waals surface area contributed by atoms with Crippen molar-refractivity contribution >= 4 is 0 Å². The summed E-state index contributed by atoms with van der Waals surface area (Å²) >= 11 is 0. The first-order valence-electron chi connectivity index (χ1n) is 5.20. The van der Waals surface area contributed by atoms with E-state index in [-0.39, 0.29) is 0 Å². The Morgan fingerprint density at radius 3 is 2.93 bits per heavy atom. The molecule has 0 radical (unpaired) electrons. The molecular formula is C10H16N4O.